The predicted molar refractivity (Wildman–Crippen MR) is 19.0 cm³/mol. The van der Waals surface area contributed by atoms with Crippen molar-refractivity contribution in [3.8, 4) is 0 Å². The van der Waals surface area contributed by atoms with Crippen LogP contribution in [0.25, 0.3) is 0 Å². The normalized spacial score (nSPS) is 6.00. The molecule has 0 unspecified atom stereocenters. The molecule has 0 aromatic carbocycles. The molecule has 0 aliphatic rings. The first-order chi connectivity index (χ1) is 1.91. The molecule has 5 heavy (non-hydrogen) atoms. The van der Waals surface area contributed by atoms with Crippen molar-refractivity contribution in [2.45, 2.75) is 6.42 Å². The van der Waals surface area contributed by atoms with E-state index in [4.69, 9.17) is 5.73 Å². The Labute approximate surface area is 47.2 Å². The van der Waals surface area contributed by atoms with Crippen molar-refractivity contribution in [3.05, 3.63) is 6.92 Å². The predicted octanol–water partition coefficient (Wildman–Crippen LogP) is 0.167. The van der Waals surface area contributed by atoms with Gasteiger partial charge in [-0.1, -0.05) is 0 Å². The number of rotatable bonds is 1. The second kappa shape index (κ2) is 8.82. The third-order valence-corrected chi connectivity index (χ3v) is 0.204. The first-order valence-electron chi connectivity index (χ1n) is 1.41. The summed E-state index contributed by atoms with van der Waals surface area (Å²) in [5.41, 5.74) is 4.97. The van der Waals surface area contributed by atoms with Crippen molar-refractivity contribution >= 4 is 0 Å². The van der Waals surface area contributed by atoms with Gasteiger partial charge in [0.1, 0.15) is 0 Å². The molecule has 0 aliphatic heterocycles. The van der Waals surface area contributed by atoms with Gasteiger partial charge in [-0.05, 0) is 6.54 Å². The molecule has 0 amide bonds. The van der Waals surface area contributed by atoms with Crippen LogP contribution < -0.4 is 5.73 Å². The van der Waals surface area contributed by atoms with Gasteiger partial charge in [-0.15, -0.1) is 0 Å². The Morgan fingerprint density at radius 3 is 1.80 bits per heavy atom. The molecule has 0 bridgehead atoms. The van der Waals surface area contributed by atoms with Crippen LogP contribution in [0, 0.1) is 6.92 Å². The topological polar surface area (TPSA) is 26.0 Å². The van der Waals surface area contributed by atoms with Crippen molar-refractivity contribution < 1.29 is 21.1 Å². The molecule has 0 aromatic heterocycles. The van der Waals surface area contributed by atoms with Crippen LogP contribution in [0.15, 0.2) is 0 Å². The summed E-state index contributed by atoms with van der Waals surface area (Å²) in [4.78, 5) is 0. The molecule has 2 N–H and O–H groups in total. The van der Waals surface area contributed by atoms with Crippen LogP contribution in [-0.2, 0) is 21.1 Å². The van der Waals surface area contributed by atoms with Crippen LogP contribution in [0.4, 0.5) is 0 Å². The van der Waals surface area contributed by atoms with Gasteiger partial charge in [-0.25, -0.2) is 0 Å². The van der Waals surface area contributed by atoms with Crippen molar-refractivity contribution in [1.82, 2.24) is 0 Å². The van der Waals surface area contributed by atoms with E-state index in [-0.39, 0.29) is 21.1 Å². The fraction of sp³-hybridized carbons (Fsp3) is 0.667. The smallest absolute Gasteiger partial charge is 0 e. The molecule has 0 spiro atoms. The summed E-state index contributed by atoms with van der Waals surface area (Å²) in [5.74, 6) is 0. The van der Waals surface area contributed by atoms with E-state index in [1.165, 1.54) is 0 Å². The van der Waals surface area contributed by atoms with Gasteiger partial charge in [0, 0.05) is 21.1 Å². The average Bonchev–Trinajstić information content (AvgIpc) is 1.37. The van der Waals surface area contributed by atoms with E-state index in [0.717, 1.165) is 6.42 Å². The molecule has 0 saturated carbocycles. The summed E-state index contributed by atoms with van der Waals surface area (Å²) in [6.45, 7) is 4.19. The Hall–Kier alpha value is 0.648. The quantitative estimate of drug-likeness (QED) is 0.422. The molecule has 0 atom stereocenters. The minimum atomic E-state index is 0. The largest absolute Gasteiger partial charge is 0.342 e. The van der Waals surface area contributed by atoms with Crippen LogP contribution in [0.2, 0.25) is 0 Å². The number of nitrogens with two attached hydrogens (primary N) is 1. The Morgan fingerprint density at radius 2 is 1.80 bits per heavy atom. The molecule has 0 radical (unpaired) electrons. The number of hydrogen-bond acceptors (Lipinski definition) is 1. The SMILES string of the molecule is [CH2-]CCN.[Mo]. The summed E-state index contributed by atoms with van der Waals surface area (Å²) < 4.78 is 0. The molecule has 0 fully saturated rings. The van der Waals surface area contributed by atoms with Gasteiger partial charge < -0.3 is 12.7 Å². The fourth-order valence-electron chi connectivity index (χ4n) is 0. The monoisotopic (exact) mass is 156 g/mol. The Balaban J connectivity index is 0. The van der Waals surface area contributed by atoms with E-state index >= 15 is 0 Å². The van der Waals surface area contributed by atoms with Gasteiger partial charge in [-0.3, -0.25) is 0 Å². The van der Waals surface area contributed by atoms with Crippen molar-refractivity contribution in [1.29, 1.82) is 0 Å². The van der Waals surface area contributed by atoms with E-state index in [0.29, 0.717) is 6.54 Å². The minimum Gasteiger partial charge on any atom is -0.342 e. The second-order valence-corrected chi connectivity index (χ2v) is 0.642. The molecular weight excluding hydrogens is 146 g/mol. The summed E-state index contributed by atoms with van der Waals surface area (Å²) >= 11 is 0. The summed E-state index contributed by atoms with van der Waals surface area (Å²) in [6, 6.07) is 0. The maximum absolute atomic E-state index is 4.97. The second-order valence-electron chi connectivity index (χ2n) is 0.642. The van der Waals surface area contributed by atoms with E-state index in [2.05, 4.69) is 6.92 Å². The van der Waals surface area contributed by atoms with E-state index in [1.54, 1.807) is 0 Å². The maximum Gasteiger partial charge on any atom is 0 e. The first kappa shape index (κ1) is 9.17. The Kier molecular flexibility index (Phi) is 16.2. The molecule has 0 heterocycles. The number of hydrogen-bond donors (Lipinski definition) is 1. The third-order valence-electron chi connectivity index (χ3n) is 0.204. The molecule has 32 valence electrons. The summed E-state index contributed by atoms with van der Waals surface area (Å²) in [7, 11) is 0. The maximum atomic E-state index is 4.97. The van der Waals surface area contributed by atoms with Gasteiger partial charge >= 0.3 is 0 Å². The molecular formula is C3H8MoN-. The van der Waals surface area contributed by atoms with Gasteiger partial charge in [0.2, 0.25) is 0 Å². The van der Waals surface area contributed by atoms with E-state index in [1.807, 2.05) is 0 Å². The average molecular weight is 154 g/mol. The van der Waals surface area contributed by atoms with E-state index in [9.17, 15) is 0 Å². The zero-order chi connectivity index (χ0) is 3.41. The summed E-state index contributed by atoms with van der Waals surface area (Å²) in [5, 5.41) is 0. The molecule has 0 aliphatic carbocycles. The van der Waals surface area contributed by atoms with Crippen LogP contribution in [0.5, 0.6) is 0 Å². The van der Waals surface area contributed by atoms with Crippen molar-refractivity contribution in [2.75, 3.05) is 6.54 Å². The zero-order valence-corrected chi connectivity index (χ0v) is 5.11. The Bertz CT molecular complexity index is 8.85. The van der Waals surface area contributed by atoms with E-state index < -0.39 is 0 Å². The van der Waals surface area contributed by atoms with Gasteiger partial charge in [0.15, 0.2) is 0 Å². The molecule has 0 rings (SSSR count). The Morgan fingerprint density at radius 1 is 1.60 bits per heavy atom. The van der Waals surface area contributed by atoms with Gasteiger partial charge in [0.05, 0.1) is 0 Å². The zero-order valence-electron chi connectivity index (χ0n) is 3.11. The molecule has 0 saturated heterocycles. The van der Waals surface area contributed by atoms with Gasteiger partial charge in [-0.2, -0.15) is 6.42 Å². The van der Waals surface area contributed by atoms with Crippen LogP contribution >= 0.6 is 0 Å². The standard InChI is InChI=1S/C3H8N.Mo/c1-2-3-4;/h1-4H2;/q-1;. The molecule has 1 nitrogen and oxygen atoms in total. The van der Waals surface area contributed by atoms with Crippen LogP contribution in [0.1, 0.15) is 6.42 Å². The van der Waals surface area contributed by atoms with Crippen molar-refractivity contribution in [3.63, 3.8) is 0 Å². The van der Waals surface area contributed by atoms with Crippen LogP contribution in [0.3, 0.4) is 0 Å². The summed E-state index contributed by atoms with van der Waals surface area (Å²) in [6.07, 6.45) is 0.847. The molecule has 0 aromatic rings. The minimum absolute atomic E-state index is 0. The molecule has 2 heteroatoms. The first-order valence-corrected chi connectivity index (χ1v) is 1.41. The fourth-order valence-corrected chi connectivity index (χ4v) is 0. The van der Waals surface area contributed by atoms with Gasteiger partial charge in [0.25, 0.3) is 0 Å². The van der Waals surface area contributed by atoms with Crippen LogP contribution in [-0.4, -0.2) is 6.54 Å². The van der Waals surface area contributed by atoms with Crippen molar-refractivity contribution in [2.24, 2.45) is 5.73 Å². The third kappa shape index (κ3) is 12.0.